The van der Waals surface area contributed by atoms with Gasteiger partial charge in [-0.15, -0.1) is 0 Å². The van der Waals surface area contributed by atoms with E-state index < -0.39 is 0 Å². The van der Waals surface area contributed by atoms with Crippen molar-refractivity contribution >= 4 is 38.9 Å². The molecular weight excluding hydrogens is 390 g/mol. The Balaban J connectivity index is 1.90. The predicted molar refractivity (Wildman–Crippen MR) is 99.3 cm³/mol. The summed E-state index contributed by atoms with van der Waals surface area (Å²) in [6, 6.07) is 11.4. The summed E-state index contributed by atoms with van der Waals surface area (Å²) in [5.41, 5.74) is 6.42. The molecule has 0 unspecified atom stereocenters. The maximum Gasteiger partial charge on any atom is 0.106 e. The number of nitrogens with one attached hydrogen (secondary N) is 1. The second-order valence-electron chi connectivity index (χ2n) is 4.93. The molecule has 3 aromatic heterocycles. The minimum absolute atomic E-state index is 0.549. The van der Waals surface area contributed by atoms with Crippen LogP contribution in [0.3, 0.4) is 0 Å². The van der Waals surface area contributed by atoms with Gasteiger partial charge >= 0.3 is 0 Å². The van der Waals surface area contributed by atoms with E-state index in [0.717, 1.165) is 21.6 Å². The lowest BCUT2D eigenvalue weighted by molar-refractivity contribution is 1.12. The predicted octanol–water partition coefficient (Wildman–Crippen LogP) is 4.35. The van der Waals surface area contributed by atoms with Crippen molar-refractivity contribution in [3.05, 3.63) is 82.1 Å². The molecule has 0 aliphatic heterocycles. The number of anilines is 1. The summed E-state index contributed by atoms with van der Waals surface area (Å²) in [4.78, 5) is 12.6. The Bertz CT molecular complexity index is 854. The number of pyridine rings is 3. The molecule has 0 aromatic carbocycles. The molecule has 0 radical (unpaired) electrons. The number of halogens is 2. The highest BCUT2D eigenvalue weighted by atomic mass is 79.9. The van der Waals surface area contributed by atoms with Gasteiger partial charge in [0.25, 0.3) is 0 Å². The molecule has 24 heavy (non-hydrogen) atoms. The molecule has 0 aliphatic rings. The SMILES string of the molecule is Clc1cncc(NN=C(Cc2ccccn2)c2ccnc(Br)c2)c1. The third-order valence-corrected chi connectivity index (χ3v) is 3.80. The summed E-state index contributed by atoms with van der Waals surface area (Å²) in [5, 5.41) is 5.07. The van der Waals surface area contributed by atoms with Crippen LogP contribution in [0.1, 0.15) is 11.3 Å². The fraction of sp³-hybridized carbons (Fsp3) is 0.0588. The molecule has 0 bridgehead atoms. The molecule has 0 atom stereocenters. The average Bonchev–Trinajstić information content (AvgIpc) is 2.59. The van der Waals surface area contributed by atoms with Crippen molar-refractivity contribution in [2.75, 3.05) is 5.43 Å². The second kappa shape index (κ2) is 7.99. The van der Waals surface area contributed by atoms with Crippen LogP contribution in [0.15, 0.2) is 70.9 Å². The van der Waals surface area contributed by atoms with Crippen molar-refractivity contribution in [1.29, 1.82) is 0 Å². The first-order valence-corrected chi connectivity index (χ1v) is 8.33. The fourth-order valence-electron chi connectivity index (χ4n) is 2.07. The van der Waals surface area contributed by atoms with Crippen LogP contribution in [0.4, 0.5) is 5.69 Å². The molecule has 120 valence electrons. The summed E-state index contributed by atoms with van der Waals surface area (Å²) in [6.45, 7) is 0. The van der Waals surface area contributed by atoms with E-state index in [1.807, 2.05) is 30.3 Å². The molecule has 0 spiro atoms. The fourth-order valence-corrected chi connectivity index (χ4v) is 2.61. The van der Waals surface area contributed by atoms with Gasteiger partial charge in [0.05, 0.1) is 22.6 Å². The van der Waals surface area contributed by atoms with Crippen molar-refractivity contribution in [3.63, 3.8) is 0 Å². The standard InChI is InChI=1S/C17H13BrClN5/c18-17-7-12(4-6-22-17)16(9-14-3-1-2-5-21-14)24-23-15-8-13(19)10-20-11-15/h1-8,10-11,23H,9H2. The number of hydrogen-bond acceptors (Lipinski definition) is 5. The maximum atomic E-state index is 5.95. The molecular formula is C17H13BrClN5. The van der Waals surface area contributed by atoms with Crippen LogP contribution >= 0.6 is 27.5 Å². The van der Waals surface area contributed by atoms with Crippen LogP contribution < -0.4 is 5.43 Å². The van der Waals surface area contributed by atoms with Crippen LogP contribution in [0.25, 0.3) is 0 Å². The van der Waals surface area contributed by atoms with Crippen LogP contribution in [0.2, 0.25) is 5.02 Å². The third-order valence-electron chi connectivity index (χ3n) is 3.16. The molecule has 7 heteroatoms. The molecule has 0 aliphatic carbocycles. The number of rotatable bonds is 5. The summed E-state index contributed by atoms with van der Waals surface area (Å²) in [5.74, 6) is 0. The van der Waals surface area contributed by atoms with Crippen molar-refractivity contribution in [1.82, 2.24) is 15.0 Å². The van der Waals surface area contributed by atoms with Crippen molar-refractivity contribution in [2.45, 2.75) is 6.42 Å². The maximum absolute atomic E-state index is 5.95. The van der Waals surface area contributed by atoms with E-state index in [1.54, 1.807) is 30.9 Å². The molecule has 3 heterocycles. The minimum atomic E-state index is 0.549. The molecule has 3 rings (SSSR count). The van der Waals surface area contributed by atoms with Crippen LogP contribution in [0.5, 0.6) is 0 Å². The molecule has 0 saturated heterocycles. The monoisotopic (exact) mass is 401 g/mol. The van der Waals surface area contributed by atoms with Gasteiger partial charge in [0.2, 0.25) is 0 Å². The van der Waals surface area contributed by atoms with E-state index in [4.69, 9.17) is 11.6 Å². The third kappa shape index (κ3) is 4.59. The Morgan fingerprint density at radius 1 is 1.12 bits per heavy atom. The number of nitrogens with zero attached hydrogens (tertiary/aromatic N) is 4. The number of hydrogen-bond donors (Lipinski definition) is 1. The van der Waals surface area contributed by atoms with E-state index >= 15 is 0 Å². The quantitative estimate of drug-likeness (QED) is 0.391. The highest BCUT2D eigenvalue weighted by Crippen LogP contribution is 2.15. The normalized spacial score (nSPS) is 11.3. The second-order valence-corrected chi connectivity index (χ2v) is 6.18. The molecule has 1 N–H and O–H groups in total. The van der Waals surface area contributed by atoms with Crippen molar-refractivity contribution in [2.24, 2.45) is 5.10 Å². The Morgan fingerprint density at radius 2 is 2.04 bits per heavy atom. The Kier molecular flexibility index (Phi) is 5.51. The van der Waals surface area contributed by atoms with E-state index in [0.29, 0.717) is 17.1 Å². The van der Waals surface area contributed by atoms with Gasteiger partial charge in [0.1, 0.15) is 4.60 Å². The summed E-state index contributed by atoms with van der Waals surface area (Å²) in [6.07, 6.45) is 7.32. The minimum Gasteiger partial charge on any atom is -0.277 e. The first-order valence-electron chi connectivity index (χ1n) is 7.16. The largest absolute Gasteiger partial charge is 0.277 e. The summed E-state index contributed by atoms with van der Waals surface area (Å²) >= 11 is 9.34. The van der Waals surface area contributed by atoms with Gasteiger partial charge in [-0.3, -0.25) is 15.4 Å². The summed E-state index contributed by atoms with van der Waals surface area (Å²) < 4.78 is 0.748. The lowest BCUT2D eigenvalue weighted by atomic mass is 10.1. The molecule has 3 aromatic rings. The first kappa shape index (κ1) is 16.5. The summed E-state index contributed by atoms with van der Waals surface area (Å²) in [7, 11) is 0. The molecule has 0 saturated carbocycles. The zero-order chi connectivity index (χ0) is 16.8. The van der Waals surface area contributed by atoms with Gasteiger partial charge < -0.3 is 0 Å². The highest BCUT2D eigenvalue weighted by molar-refractivity contribution is 9.10. The number of hydrazone groups is 1. The lowest BCUT2D eigenvalue weighted by Crippen LogP contribution is -2.10. The average molecular weight is 403 g/mol. The molecule has 0 amide bonds. The Morgan fingerprint density at radius 3 is 2.79 bits per heavy atom. The van der Waals surface area contributed by atoms with Gasteiger partial charge in [0.15, 0.2) is 0 Å². The van der Waals surface area contributed by atoms with Crippen molar-refractivity contribution in [3.8, 4) is 0 Å². The molecule has 0 fully saturated rings. The lowest BCUT2D eigenvalue weighted by Gasteiger charge is -2.08. The first-order chi connectivity index (χ1) is 11.7. The van der Waals surface area contributed by atoms with Crippen molar-refractivity contribution < 1.29 is 0 Å². The van der Waals surface area contributed by atoms with Gasteiger partial charge in [-0.1, -0.05) is 17.7 Å². The zero-order valence-corrected chi connectivity index (χ0v) is 14.9. The smallest absolute Gasteiger partial charge is 0.106 e. The molecule has 5 nitrogen and oxygen atoms in total. The van der Waals surface area contributed by atoms with E-state index in [2.05, 4.69) is 41.4 Å². The van der Waals surface area contributed by atoms with Crippen LogP contribution in [-0.4, -0.2) is 20.7 Å². The van der Waals surface area contributed by atoms with E-state index in [1.165, 1.54) is 0 Å². The Labute approximate surface area is 153 Å². The van der Waals surface area contributed by atoms with Crippen LogP contribution in [0, 0.1) is 0 Å². The van der Waals surface area contributed by atoms with Gasteiger partial charge in [0, 0.05) is 36.3 Å². The number of aromatic nitrogens is 3. The zero-order valence-electron chi connectivity index (χ0n) is 12.5. The van der Waals surface area contributed by atoms with Crippen LogP contribution in [-0.2, 0) is 6.42 Å². The van der Waals surface area contributed by atoms with Gasteiger partial charge in [-0.2, -0.15) is 5.10 Å². The highest BCUT2D eigenvalue weighted by Gasteiger charge is 2.08. The van der Waals surface area contributed by atoms with E-state index in [9.17, 15) is 0 Å². The topological polar surface area (TPSA) is 63.1 Å². The van der Waals surface area contributed by atoms with E-state index in [-0.39, 0.29) is 0 Å². The van der Waals surface area contributed by atoms with Gasteiger partial charge in [-0.25, -0.2) is 4.98 Å². The van der Waals surface area contributed by atoms with Gasteiger partial charge in [-0.05, 0) is 46.3 Å². The Hall–Kier alpha value is -2.31.